The number of rotatable bonds is 3. The van der Waals surface area contributed by atoms with Crippen LogP contribution in [-0.4, -0.2) is 11.6 Å². The third-order valence-electron chi connectivity index (χ3n) is 5.81. The van der Waals surface area contributed by atoms with E-state index in [-0.39, 0.29) is 12.1 Å². The predicted octanol–water partition coefficient (Wildman–Crippen LogP) is 6.82. The maximum Gasteiger partial charge on any atom is 0.330 e. The van der Waals surface area contributed by atoms with Gasteiger partial charge in [-0.2, -0.15) is 0 Å². The van der Waals surface area contributed by atoms with Gasteiger partial charge in [-0.3, -0.25) is 9.80 Å². The van der Waals surface area contributed by atoms with Crippen LogP contribution in [0.3, 0.4) is 0 Å². The van der Waals surface area contributed by atoms with Crippen LogP contribution in [0.25, 0.3) is 4.85 Å². The van der Waals surface area contributed by atoms with E-state index in [4.69, 9.17) is 6.57 Å². The summed E-state index contributed by atoms with van der Waals surface area (Å²) in [6.07, 6.45) is 0. The fourth-order valence-corrected chi connectivity index (χ4v) is 4.38. The zero-order valence-electron chi connectivity index (χ0n) is 17.8. The zero-order valence-corrected chi connectivity index (χ0v) is 17.8. The fraction of sp³-hybridized carbons (Fsp3) is 0.231. The third-order valence-corrected chi connectivity index (χ3v) is 5.81. The number of amides is 2. The lowest BCUT2D eigenvalue weighted by atomic mass is 9.87. The minimum atomic E-state index is -0.487. The number of carbonyl (C=O) groups is 1. The predicted molar refractivity (Wildman–Crippen MR) is 122 cm³/mol. The van der Waals surface area contributed by atoms with E-state index in [1.807, 2.05) is 59.2 Å². The smallest absolute Gasteiger partial charge is 0.286 e. The van der Waals surface area contributed by atoms with Crippen molar-refractivity contribution in [3.05, 3.63) is 101 Å². The van der Waals surface area contributed by atoms with Gasteiger partial charge in [-0.15, -0.1) is 0 Å². The van der Waals surface area contributed by atoms with Gasteiger partial charge in [-0.05, 0) is 57.5 Å². The molecule has 0 saturated carbocycles. The van der Waals surface area contributed by atoms with E-state index in [0.717, 1.165) is 28.1 Å². The lowest BCUT2D eigenvalue weighted by Gasteiger charge is -2.35. The maximum atomic E-state index is 13.8. The van der Waals surface area contributed by atoms with E-state index < -0.39 is 5.54 Å². The molecule has 0 radical (unpaired) electrons. The van der Waals surface area contributed by atoms with Crippen LogP contribution in [0.4, 0.5) is 21.9 Å². The van der Waals surface area contributed by atoms with E-state index in [9.17, 15) is 4.79 Å². The summed E-state index contributed by atoms with van der Waals surface area (Å²) < 4.78 is 0. The molecule has 4 heteroatoms. The first-order chi connectivity index (χ1) is 14.3. The SMILES string of the molecule is [C-]#[N+]c1ccc(N2C(=O)N(c3ccc(C)cc3)C(C)(C)C2c2cccc(C)c2)cc1. The van der Waals surface area contributed by atoms with Crippen LogP contribution >= 0.6 is 0 Å². The van der Waals surface area contributed by atoms with E-state index in [2.05, 4.69) is 43.8 Å². The summed E-state index contributed by atoms with van der Waals surface area (Å²) >= 11 is 0. The summed E-state index contributed by atoms with van der Waals surface area (Å²) in [7, 11) is 0. The van der Waals surface area contributed by atoms with Crippen molar-refractivity contribution < 1.29 is 4.79 Å². The number of urea groups is 1. The van der Waals surface area contributed by atoms with Gasteiger partial charge < -0.3 is 0 Å². The number of carbonyl (C=O) groups excluding carboxylic acids is 1. The highest BCUT2D eigenvalue weighted by Gasteiger charge is 2.53. The van der Waals surface area contributed by atoms with Crippen molar-refractivity contribution >= 4 is 23.1 Å². The molecule has 0 aliphatic carbocycles. The van der Waals surface area contributed by atoms with Crippen molar-refractivity contribution in [3.8, 4) is 0 Å². The van der Waals surface area contributed by atoms with Gasteiger partial charge in [0, 0.05) is 11.4 Å². The molecule has 2 amide bonds. The Hall–Kier alpha value is -3.58. The van der Waals surface area contributed by atoms with Crippen LogP contribution in [0.5, 0.6) is 0 Å². The van der Waals surface area contributed by atoms with Crippen LogP contribution in [-0.2, 0) is 0 Å². The minimum Gasteiger partial charge on any atom is -0.286 e. The first-order valence-corrected chi connectivity index (χ1v) is 10.1. The van der Waals surface area contributed by atoms with Gasteiger partial charge in [-0.25, -0.2) is 9.64 Å². The Balaban J connectivity index is 1.89. The van der Waals surface area contributed by atoms with Crippen LogP contribution in [0, 0.1) is 20.4 Å². The van der Waals surface area contributed by atoms with Crippen LogP contribution in [0.1, 0.15) is 36.6 Å². The van der Waals surface area contributed by atoms with Crippen molar-refractivity contribution in [1.29, 1.82) is 0 Å². The quantitative estimate of drug-likeness (QED) is 0.447. The highest BCUT2D eigenvalue weighted by atomic mass is 16.2. The number of aryl methyl sites for hydroxylation is 2. The Labute approximate surface area is 178 Å². The number of nitrogens with zero attached hydrogens (tertiary/aromatic N) is 3. The average molecular weight is 396 g/mol. The number of benzene rings is 3. The molecule has 3 aromatic carbocycles. The Kier molecular flexibility index (Phi) is 4.83. The van der Waals surface area contributed by atoms with Gasteiger partial charge in [0.25, 0.3) is 0 Å². The highest BCUT2D eigenvalue weighted by molar-refractivity contribution is 6.08. The van der Waals surface area contributed by atoms with Crippen molar-refractivity contribution in [2.75, 3.05) is 9.80 Å². The summed E-state index contributed by atoms with van der Waals surface area (Å²) in [6.45, 7) is 15.6. The molecule has 0 N–H and O–H groups in total. The topological polar surface area (TPSA) is 27.9 Å². The summed E-state index contributed by atoms with van der Waals surface area (Å²) in [4.78, 5) is 21.1. The molecule has 1 fully saturated rings. The molecule has 0 spiro atoms. The Morgan fingerprint density at radius 2 is 1.50 bits per heavy atom. The Bertz CT molecular complexity index is 1120. The van der Waals surface area contributed by atoms with E-state index in [0.29, 0.717) is 5.69 Å². The summed E-state index contributed by atoms with van der Waals surface area (Å²) in [6, 6.07) is 23.5. The molecule has 30 heavy (non-hydrogen) atoms. The fourth-order valence-electron chi connectivity index (χ4n) is 4.38. The molecule has 4 nitrogen and oxygen atoms in total. The molecular weight excluding hydrogens is 370 g/mol. The second-order valence-electron chi connectivity index (χ2n) is 8.42. The molecule has 1 aliphatic heterocycles. The van der Waals surface area contributed by atoms with E-state index in [1.54, 1.807) is 12.1 Å². The standard InChI is InChI=1S/C26H25N3O/c1-18-9-13-23(14-10-18)29-25(30)28(22-15-11-21(27-5)12-16-22)24(26(29,3)4)20-8-6-7-19(2)17-20/h6-17,24H,1-4H3. The first-order valence-electron chi connectivity index (χ1n) is 10.1. The van der Waals surface area contributed by atoms with Crippen molar-refractivity contribution in [2.45, 2.75) is 39.3 Å². The van der Waals surface area contributed by atoms with Gasteiger partial charge >= 0.3 is 6.03 Å². The van der Waals surface area contributed by atoms with Gasteiger partial charge in [0.05, 0.1) is 18.2 Å². The number of hydrogen-bond acceptors (Lipinski definition) is 1. The van der Waals surface area contributed by atoms with Crippen LogP contribution in [0.2, 0.25) is 0 Å². The maximum absolute atomic E-state index is 13.8. The summed E-state index contributed by atoms with van der Waals surface area (Å²) in [5, 5.41) is 0. The normalized spacial score (nSPS) is 17.8. The van der Waals surface area contributed by atoms with Gasteiger partial charge in [0.15, 0.2) is 5.69 Å². The third kappa shape index (κ3) is 3.23. The molecule has 1 aliphatic rings. The molecule has 1 saturated heterocycles. The molecule has 0 bridgehead atoms. The number of hydrogen-bond donors (Lipinski definition) is 0. The Morgan fingerprint density at radius 1 is 0.867 bits per heavy atom. The molecule has 4 rings (SSSR count). The van der Waals surface area contributed by atoms with Crippen molar-refractivity contribution in [3.63, 3.8) is 0 Å². The minimum absolute atomic E-state index is 0.0640. The molecule has 1 unspecified atom stereocenters. The molecule has 1 heterocycles. The zero-order chi connectivity index (χ0) is 21.5. The van der Waals surface area contributed by atoms with Gasteiger partial charge in [-0.1, -0.05) is 59.7 Å². The lowest BCUT2D eigenvalue weighted by Crippen LogP contribution is -2.43. The lowest BCUT2D eigenvalue weighted by molar-refractivity contribution is 0.254. The number of anilines is 2. The van der Waals surface area contributed by atoms with Crippen molar-refractivity contribution in [1.82, 2.24) is 0 Å². The second kappa shape index (κ2) is 7.35. The molecule has 150 valence electrons. The first kappa shape index (κ1) is 19.7. The molecule has 1 atom stereocenters. The molecule has 3 aromatic rings. The van der Waals surface area contributed by atoms with Crippen molar-refractivity contribution in [2.24, 2.45) is 0 Å². The van der Waals surface area contributed by atoms with E-state index >= 15 is 0 Å². The van der Waals surface area contributed by atoms with Crippen LogP contribution < -0.4 is 9.80 Å². The monoisotopic (exact) mass is 395 g/mol. The average Bonchev–Trinajstić information content (AvgIpc) is 2.94. The molecule has 0 aromatic heterocycles. The Morgan fingerprint density at radius 3 is 2.10 bits per heavy atom. The van der Waals surface area contributed by atoms with Gasteiger partial charge in [0.2, 0.25) is 0 Å². The second-order valence-corrected chi connectivity index (χ2v) is 8.42. The van der Waals surface area contributed by atoms with Crippen LogP contribution in [0.15, 0.2) is 72.8 Å². The van der Waals surface area contributed by atoms with Gasteiger partial charge in [0.1, 0.15) is 0 Å². The highest BCUT2D eigenvalue weighted by Crippen LogP contribution is 2.47. The molecular formula is C26H25N3O. The largest absolute Gasteiger partial charge is 0.330 e. The summed E-state index contributed by atoms with van der Waals surface area (Å²) in [5.74, 6) is 0. The summed E-state index contributed by atoms with van der Waals surface area (Å²) in [5.41, 5.74) is 5.16. The van der Waals surface area contributed by atoms with E-state index in [1.165, 1.54) is 0 Å².